The molecule has 512 valence electrons. The second-order valence-corrected chi connectivity index (χ2v) is 29.5. The van der Waals surface area contributed by atoms with Gasteiger partial charge in [0.1, 0.15) is 54.8 Å². The smallest absolute Gasteiger partial charge is 0.780 e. The van der Waals surface area contributed by atoms with Crippen molar-refractivity contribution in [3.63, 3.8) is 0 Å². The Balaban J connectivity index is 0.000000216. The van der Waals surface area contributed by atoms with Gasteiger partial charge in [0.15, 0.2) is 89.3 Å². The minimum atomic E-state index is -5.09. The Morgan fingerprint density at radius 3 is 1.33 bits per heavy atom. The molecule has 0 spiro atoms. The average molecular weight is 1490 g/mol. The number of fused-ring (bicyclic) bond motifs is 10. The summed E-state index contributed by atoms with van der Waals surface area (Å²) in [5, 5.41) is 24.8. The van der Waals surface area contributed by atoms with E-state index in [1.54, 1.807) is 0 Å². The molecule has 96 heavy (non-hydrogen) atoms. The van der Waals surface area contributed by atoms with Gasteiger partial charge in [0.25, 0.3) is 11.1 Å². The third kappa shape index (κ3) is 14.7. The van der Waals surface area contributed by atoms with Crippen LogP contribution in [-0.2, 0) is 83.8 Å². The van der Waals surface area contributed by atoms with Gasteiger partial charge in [-0.3, -0.25) is 51.5 Å². The first kappa shape index (κ1) is 76.0. The van der Waals surface area contributed by atoms with E-state index in [4.69, 9.17) is 93.1 Å². The molecular weight excluding hydrogens is 1430 g/mol. The third-order valence-electron chi connectivity index (χ3n) is 15.6. The van der Waals surface area contributed by atoms with Crippen molar-refractivity contribution >= 4 is 121 Å². The number of nitrogen functional groups attached to an aromatic ring is 4. The summed E-state index contributed by atoms with van der Waals surface area (Å²) < 4.78 is 133. The van der Waals surface area contributed by atoms with Gasteiger partial charge < -0.3 is 118 Å². The molecule has 22 N–H and O–H groups in total. The van der Waals surface area contributed by atoms with Crippen LogP contribution >= 0.6 is 29.0 Å². The zero-order valence-corrected chi connectivity index (χ0v) is 59.3. The number of nitrogens with one attached hydrogen (secondary N) is 4. The van der Waals surface area contributed by atoms with Crippen LogP contribution in [0.4, 0.5) is 32.3 Å². The van der Waals surface area contributed by atoms with Crippen molar-refractivity contribution in [3.05, 3.63) is 58.7 Å². The molecule has 54 heteroatoms. The van der Waals surface area contributed by atoms with Gasteiger partial charge in [-0.05, 0) is 0 Å². The first-order valence-electron chi connectivity index (χ1n) is 26.9. The number of hydrogen-bond acceptors (Lipinski definition) is 36. The first-order chi connectivity index (χ1) is 43.7. The van der Waals surface area contributed by atoms with Gasteiger partial charge in [-0.1, -0.05) is 11.8 Å². The van der Waals surface area contributed by atoms with Crippen molar-refractivity contribution in [2.75, 3.05) is 62.6 Å². The number of imidazole rings is 4. The van der Waals surface area contributed by atoms with E-state index < -0.39 is 178 Å². The largest absolute Gasteiger partial charge is 1.00 e. The van der Waals surface area contributed by atoms with Crippen molar-refractivity contribution < 1.29 is 153 Å². The second-order valence-electron chi connectivity index (χ2n) is 21.1. The van der Waals surface area contributed by atoms with Crippen LogP contribution in [-0.4, -0.2) is 189 Å². The molecule has 20 unspecified atom stereocenters. The summed E-state index contributed by atoms with van der Waals surface area (Å²) in [6.07, 6.45) is -10.9. The summed E-state index contributed by atoms with van der Waals surface area (Å²) >= 11 is 10.3. The number of quaternary nitrogens is 2. The van der Waals surface area contributed by atoms with E-state index in [-0.39, 0.29) is 140 Å². The molecule has 6 saturated heterocycles. The van der Waals surface area contributed by atoms with Crippen molar-refractivity contribution in [2.24, 2.45) is 11.8 Å². The van der Waals surface area contributed by atoms with Gasteiger partial charge in [-0.15, -0.1) is 0 Å². The Labute approximate surface area is 589 Å². The number of nitrogens with zero attached hydrogens (tertiary/aromatic N) is 14. The molecule has 0 radical (unpaired) electrons. The Hall–Kier alpha value is -4.21. The molecule has 8 aromatic heterocycles. The Bertz CT molecular complexity index is 4220. The number of halogens is 2. The molecule has 0 amide bonds. The third-order valence-corrected chi connectivity index (χ3v) is 20.9. The van der Waals surface area contributed by atoms with Crippen LogP contribution in [0.25, 0.3) is 44.7 Å². The van der Waals surface area contributed by atoms with Gasteiger partial charge in [0, 0.05) is 11.8 Å². The van der Waals surface area contributed by atoms with E-state index in [9.17, 15) is 48.2 Å². The van der Waals surface area contributed by atoms with E-state index in [0.717, 1.165) is 12.7 Å². The minimum Gasteiger partial charge on any atom is -0.780 e. The minimum absolute atomic E-state index is 0. The SMILES string of the molecule is Nc1nc2c(ncn2C2OC3COP(=O)([O-])NC4C(COP(=O)([S-])OC2C3CO)OC(n2cnc3c(N)ncnc32)C4F)c(=O)[nH]1.Nc1nc2c(ncn2C2OC3COP(=O)([O-])NC4C(COP([O-])(=S)OC2C3CO)OC(n2cnc3c(N)ncnc32)C4F)c(=O)[nH]1.[NH4+].[NH4+].[Na+].[Na+]. The molecule has 6 fully saturated rings. The first-order valence-corrected chi connectivity index (χ1v) is 35.1. The van der Waals surface area contributed by atoms with Gasteiger partial charge in [0.2, 0.25) is 27.4 Å². The number of aliphatic hydroxyl groups is 2. The number of H-pyrrole nitrogens is 2. The van der Waals surface area contributed by atoms with Crippen molar-refractivity contribution in [1.82, 2.24) is 101 Å². The van der Waals surface area contributed by atoms with Crippen LogP contribution in [0.15, 0.2) is 47.6 Å². The predicted octanol–water partition coefficient (Wildman–Crippen LogP) is -9.55. The Morgan fingerprint density at radius 1 is 0.552 bits per heavy atom. The number of alkyl halides is 2. The van der Waals surface area contributed by atoms with E-state index in [2.05, 4.69) is 70.0 Å². The molecule has 14 heterocycles. The van der Waals surface area contributed by atoms with Crippen LogP contribution < -0.4 is 130 Å². The molecule has 20 atom stereocenters. The maximum Gasteiger partial charge on any atom is 1.00 e. The number of aliphatic hydroxyl groups excluding tert-OH is 2. The summed E-state index contributed by atoms with van der Waals surface area (Å²) in [5.41, 5.74) is 21.9. The van der Waals surface area contributed by atoms with E-state index in [0.29, 0.717) is 0 Å². The normalized spacial score (nSPS) is 35.6. The molecule has 6 aliphatic rings. The van der Waals surface area contributed by atoms with E-state index in [1.807, 2.05) is 0 Å². The van der Waals surface area contributed by atoms with Crippen LogP contribution in [0.5, 0.6) is 0 Å². The average Bonchev–Trinajstić information content (AvgIpc) is 1.62. The molecule has 0 aliphatic carbocycles. The zero-order valence-electron chi connectivity index (χ0n) is 50.1. The quantitative estimate of drug-likeness (QED) is 0.0418. The number of anilines is 4. The molecule has 0 aromatic carbocycles. The van der Waals surface area contributed by atoms with Crippen LogP contribution in [0.3, 0.4) is 0 Å². The maximum atomic E-state index is 16.0. The summed E-state index contributed by atoms with van der Waals surface area (Å²) in [6, 6.07) is -3.26. The Kier molecular flexibility index (Phi) is 23.3. The fraction of sp³-hybridized carbons (Fsp3) is 0.524. The summed E-state index contributed by atoms with van der Waals surface area (Å²) in [5.74, 6) is -2.65. The number of aromatic amines is 2. The molecule has 44 nitrogen and oxygen atoms in total. The van der Waals surface area contributed by atoms with Gasteiger partial charge in [-0.2, -0.15) is 9.97 Å². The van der Waals surface area contributed by atoms with Gasteiger partial charge >= 0.3 is 59.1 Å². The molecule has 4 bridgehead atoms. The van der Waals surface area contributed by atoms with Crippen molar-refractivity contribution in [1.29, 1.82) is 0 Å². The molecule has 0 saturated carbocycles. The zero-order chi connectivity index (χ0) is 65.1. The van der Waals surface area contributed by atoms with Crippen molar-refractivity contribution in [2.45, 2.75) is 86.0 Å². The summed E-state index contributed by atoms with van der Waals surface area (Å²) in [7, 11) is -10.2. The van der Waals surface area contributed by atoms with Gasteiger partial charge in [-0.25, -0.2) is 58.8 Å². The van der Waals surface area contributed by atoms with E-state index >= 15 is 8.78 Å². The van der Waals surface area contributed by atoms with Crippen LogP contribution in [0.1, 0.15) is 24.9 Å². The molecule has 6 aliphatic heterocycles. The molecular formula is C42H56F2N24Na2O20P4S2. The predicted molar refractivity (Wildman–Crippen MR) is 315 cm³/mol. The summed E-state index contributed by atoms with van der Waals surface area (Å²) in [6.45, 7) is -13.3. The topological polar surface area (TPSA) is 669 Å². The fourth-order valence-electron chi connectivity index (χ4n) is 11.4. The fourth-order valence-corrected chi connectivity index (χ4v) is 16.4. The van der Waals surface area contributed by atoms with Crippen LogP contribution in [0, 0.1) is 11.8 Å². The number of aromatic nitrogens is 16. The molecule has 14 rings (SSSR count). The number of nitrogens with two attached hydrogens (primary N) is 4. The van der Waals surface area contributed by atoms with Gasteiger partial charge in [0.05, 0.1) is 89.2 Å². The molecule has 8 aromatic rings. The monoisotopic (exact) mass is 1490 g/mol. The van der Waals surface area contributed by atoms with Crippen molar-refractivity contribution in [3.8, 4) is 0 Å². The standard InChI is InChI=1S/2C21H26FN11O10P2S.2H3N.2Na/c2*22-10-11-9(42-19(10)32-5-27-12-15(23)25-4-26-16(12)32)3-40-45(38,46)43-14-7(1-34)8(2-39-44(36,37)31-11)41-20(14)33-6-28-13-17(33)29-21(24)30-18(13)35;;;;/h2*4-11,14,19-20,34H,1-3H2,(H,38,46)(H2,23,25,26)(H2,31,36,37)(H3,24,29,30,35);2*1H3;;/q;;;;2*+1/p-2. The second kappa shape index (κ2) is 29.4. The number of ether oxygens (including phenoxy) is 4. The summed E-state index contributed by atoms with van der Waals surface area (Å²) in [4.78, 5) is 109. The Morgan fingerprint density at radius 2 is 0.917 bits per heavy atom. The van der Waals surface area contributed by atoms with E-state index in [1.165, 1.54) is 43.6 Å². The maximum absolute atomic E-state index is 16.0. The number of rotatable bonds is 6. The number of hydrogen-bond donors (Lipinski definition) is 12. The van der Waals surface area contributed by atoms with Crippen LogP contribution in [0.2, 0.25) is 0 Å².